The third-order valence-corrected chi connectivity index (χ3v) is 10.9. The lowest BCUT2D eigenvalue weighted by molar-refractivity contribution is 0.282. The molecule has 4 aromatic carbocycles. The Labute approximate surface area is 370 Å². The van der Waals surface area contributed by atoms with Crippen molar-refractivity contribution in [1.29, 1.82) is 0 Å². The molecule has 1 heteroatoms. The number of H-pyrrole nitrogens is 1. The summed E-state index contributed by atoms with van der Waals surface area (Å²) in [6.45, 7) is 27.0. The highest BCUT2D eigenvalue weighted by Gasteiger charge is 2.28. The molecule has 0 fully saturated rings. The van der Waals surface area contributed by atoms with Crippen LogP contribution in [0, 0.1) is 23.7 Å². The maximum Gasteiger partial charge on any atom is 0.0533 e. The van der Waals surface area contributed by atoms with Gasteiger partial charge in [0.05, 0.1) is 5.52 Å². The van der Waals surface area contributed by atoms with Crippen molar-refractivity contribution in [3.63, 3.8) is 0 Å². The highest BCUT2D eigenvalue weighted by molar-refractivity contribution is 6.08. The highest BCUT2D eigenvalue weighted by Crippen LogP contribution is 2.40. The van der Waals surface area contributed by atoms with Crippen molar-refractivity contribution >= 4 is 27.6 Å². The molecule has 314 valence electrons. The number of para-hydroxylation sites is 1. The Morgan fingerprint density at radius 1 is 0.803 bits per heavy atom. The van der Waals surface area contributed by atoms with E-state index in [0.29, 0.717) is 5.92 Å². The fraction of sp³-hybridized carbons (Fsp3) is 0.233. The van der Waals surface area contributed by atoms with Crippen LogP contribution in [0.2, 0.25) is 0 Å². The predicted molar refractivity (Wildman–Crippen MR) is 274 cm³/mol. The van der Waals surface area contributed by atoms with Gasteiger partial charge in [0.15, 0.2) is 0 Å². The number of aromatic amines is 1. The molecule has 1 aliphatic rings. The maximum atomic E-state index is 4.60. The minimum atomic E-state index is 0.133. The smallest absolute Gasteiger partial charge is 0.0533 e. The van der Waals surface area contributed by atoms with E-state index >= 15 is 0 Å². The van der Waals surface area contributed by atoms with E-state index in [4.69, 9.17) is 0 Å². The summed E-state index contributed by atoms with van der Waals surface area (Å²) in [4.78, 5) is 3.43. The van der Waals surface area contributed by atoms with Crippen molar-refractivity contribution in [2.45, 2.75) is 81.6 Å². The van der Waals surface area contributed by atoms with Crippen LogP contribution in [-0.2, 0) is 0 Å². The summed E-state index contributed by atoms with van der Waals surface area (Å²) in [5.74, 6) is 2.71. The number of hydrogen-bond donors (Lipinski definition) is 1. The van der Waals surface area contributed by atoms with Crippen LogP contribution in [0.4, 0.5) is 0 Å². The minimum absolute atomic E-state index is 0.133. The second-order valence-corrected chi connectivity index (χ2v) is 14.7. The Bertz CT molecular complexity index is 2390. The van der Waals surface area contributed by atoms with E-state index in [-0.39, 0.29) is 5.41 Å². The Balaban J connectivity index is 0.00000134. The third-order valence-electron chi connectivity index (χ3n) is 10.9. The molecule has 0 spiro atoms. The van der Waals surface area contributed by atoms with Crippen molar-refractivity contribution in [3.8, 4) is 23.5 Å². The SMILES string of the molecule is C#CC.C=C\C=C/C(C(=C)C)=C(/C(=C\C)c1ccc(-c2cccc3cc[nH]c23)cc1)c1ccc(/C(=C/CCC2/C=C/C=C\C=C/C2(C)CC)c2ccccc2)cc1.CC.CC. The number of rotatable bonds is 13. The first-order valence-electron chi connectivity index (χ1n) is 22.1. The van der Waals surface area contributed by atoms with Gasteiger partial charge >= 0.3 is 0 Å². The Hall–Kier alpha value is -6.36. The van der Waals surface area contributed by atoms with Crippen molar-refractivity contribution in [1.82, 2.24) is 4.98 Å². The summed E-state index contributed by atoms with van der Waals surface area (Å²) in [6, 6.07) is 37.4. The largest absolute Gasteiger partial charge is 0.361 e. The standard InChI is InChI=1S/C53H53N.C3H4.2C2H6/c1-7-10-25-48(39(4)5)51(47(8-2)41-28-30-43(31-29-41)50-27-18-22-45-36-38-54-52(45)50)44-34-32-42(33-35-44)49(40-20-14-13-15-21-40)26-19-24-46-23-16-11-12-17-37-53(46,6)9-3;1-3-2;2*1-2/h7-8,10-18,20-23,25-38,46,54H,1,4,9,19,24H2,2-3,5-6H3;1H,2H3;2*1-2H3/b12-11-,23-16+,25-10-,37-17-,47-8-,49-26+,51-48-;;;. The summed E-state index contributed by atoms with van der Waals surface area (Å²) in [5, 5.41) is 1.21. The molecule has 0 radical (unpaired) electrons. The van der Waals surface area contributed by atoms with Gasteiger partial charge in [-0.05, 0) is 113 Å². The van der Waals surface area contributed by atoms with Crippen molar-refractivity contribution in [2.24, 2.45) is 11.3 Å². The van der Waals surface area contributed by atoms with Gasteiger partial charge in [0, 0.05) is 11.8 Å². The van der Waals surface area contributed by atoms with Crippen molar-refractivity contribution in [2.75, 3.05) is 0 Å². The van der Waals surface area contributed by atoms with Crippen LogP contribution in [-0.4, -0.2) is 4.98 Å². The van der Waals surface area contributed by atoms with Gasteiger partial charge in [-0.25, -0.2) is 0 Å². The minimum Gasteiger partial charge on any atom is -0.361 e. The van der Waals surface area contributed by atoms with Crippen LogP contribution >= 0.6 is 0 Å². The van der Waals surface area contributed by atoms with E-state index in [1.807, 2.05) is 46.0 Å². The second kappa shape index (κ2) is 26.0. The number of terminal acetylenes is 1. The van der Waals surface area contributed by atoms with Crippen molar-refractivity contribution in [3.05, 3.63) is 223 Å². The molecule has 0 amide bonds. The van der Waals surface area contributed by atoms with Crippen LogP contribution in [0.25, 0.3) is 38.7 Å². The van der Waals surface area contributed by atoms with Crippen LogP contribution in [0.15, 0.2) is 200 Å². The Morgan fingerprint density at radius 3 is 2.05 bits per heavy atom. The fourth-order valence-corrected chi connectivity index (χ4v) is 7.66. The lowest BCUT2D eigenvalue weighted by Gasteiger charge is -2.33. The van der Waals surface area contributed by atoms with Gasteiger partial charge in [-0.2, -0.15) is 0 Å². The number of allylic oxidation sites excluding steroid dienone is 15. The zero-order valence-corrected chi connectivity index (χ0v) is 38.4. The number of fused-ring (bicyclic) bond motifs is 1. The van der Waals surface area contributed by atoms with Gasteiger partial charge in [0.2, 0.25) is 0 Å². The summed E-state index contributed by atoms with van der Waals surface area (Å²) >= 11 is 0. The average molecular weight is 804 g/mol. The van der Waals surface area contributed by atoms with Crippen LogP contribution in [0.3, 0.4) is 0 Å². The van der Waals surface area contributed by atoms with Gasteiger partial charge in [-0.3, -0.25) is 0 Å². The van der Waals surface area contributed by atoms with Gasteiger partial charge in [0.25, 0.3) is 0 Å². The number of hydrogen-bond acceptors (Lipinski definition) is 0. The van der Waals surface area contributed by atoms with Crippen molar-refractivity contribution < 1.29 is 0 Å². The number of nitrogens with one attached hydrogen (secondary N) is 1. The normalized spacial score (nSPS) is 17.9. The monoisotopic (exact) mass is 804 g/mol. The van der Waals surface area contributed by atoms with Crippen LogP contribution in [0.1, 0.15) is 104 Å². The Kier molecular flexibility index (Phi) is 20.9. The molecular formula is C60H69N. The first-order valence-corrected chi connectivity index (χ1v) is 22.1. The lowest BCUT2D eigenvalue weighted by Crippen LogP contribution is -2.23. The lowest BCUT2D eigenvalue weighted by atomic mass is 9.72. The number of benzene rings is 4. The molecule has 1 heterocycles. The maximum absolute atomic E-state index is 4.60. The first-order chi connectivity index (χ1) is 29.8. The molecule has 0 aliphatic heterocycles. The zero-order chi connectivity index (χ0) is 44.6. The van der Waals surface area contributed by atoms with Gasteiger partial charge in [-0.15, -0.1) is 12.3 Å². The van der Waals surface area contributed by atoms with Gasteiger partial charge < -0.3 is 4.98 Å². The predicted octanol–water partition coefficient (Wildman–Crippen LogP) is 17.6. The quantitative estimate of drug-likeness (QED) is 0.0901. The summed E-state index contributed by atoms with van der Waals surface area (Å²) in [6.07, 6.45) is 33.9. The molecule has 0 saturated heterocycles. The first kappa shape index (κ1) is 49.0. The van der Waals surface area contributed by atoms with E-state index in [9.17, 15) is 0 Å². The summed E-state index contributed by atoms with van der Waals surface area (Å²) < 4.78 is 0. The molecule has 1 nitrogen and oxygen atoms in total. The molecule has 0 saturated carbocycles. The molecule has 5 aromatic rings. The molecule has 2 atom stereocenters. The summed E-state index contributed by atoms with van der Waals surface area (Å²) in [7, 11) is 0. The van der Waals surface area contributed by atoms with E-state index in [2.05, 4.69) is 216 Å². The van der Waals surface area contributed by atoms with Crippen LogP contribution < -0.4 is 0 Å². The molecule has 2 unspecified atom stereocenters. The topological polar surface area (TPSA) is 15.8 Å². The zero-order valence-electron chi connectivity index (χ0n) is 38.4. The number of aromatic nitrogens is 1. The summed E-state index contributed by atoms with van der Waals surface area (Å²) in [5.41, 5.74) is 14.1. The third kappa shape index (κ3) is 13.1. The molecule has 1 aromatic heterocycles. The van der Waals surface area contributed by atoms with E-state index in [1.165, 1.54) is 33.2 Å². The van der Waals surface area contributed by atoms with Crippen LogP contribution in [0.5, 0.6) is 0 Å². The molecule has 6 rings (SSSR count). The average Bonchev–Trinajstić information content (AvgIpc) is 3.79. The molecule has 0 bridgehead atoms. The Morgan fingerprint density at radius 2 is 1.43 bits per heavy atom. The molecular weight excluding hydrogens is 735 g/mol. The molecule has 1 aliphatic carbocycles. The van der Waals surface area contributed by atoms with E-state index < -0.39 is 0 Å². The van der Waals surface area contributed by atoms with Gasteiger partial charge in [0.1, 0.15) is 0 Å². The van der Waals surface area contributed by atoms with Gasteiger partial charge in [-0.1, -0.05) is 224 Å². The molecule has 1 N–H and O–H groups in total. The molecule has 61 heavy (non-hydrogen) atoms. The van der Waals surface area contributed by atoms with E-state index in [0.717, 1.165) is 58.2 Å². The van der Waals surface area contributed by atoms with E-state index in [1.54, 1.807) is 6.92 Å². The fourth-order valence-electron chi connectivity index (χ4n) is 7.66. The second-order valence-electron chi connectivity index (χ2n) is 14.7. The highest BCUT2D eigenvalue weighted by atomic mass is 14.7.